The van der Waals surface area contributed by atoms with Crippen LogP contribution in [0.5, 0.6) is 5.75 Å². The highest BCUT2D eigenvalue weighted by Gasteiger charge is 2.47. The molecule has 38 heavy (non-hydrogen) atoms. The van der Waals surface area contributed by atoms with Crippen molar-refractivity contribution in [1.29, 1.82) is 0 Å². The number of pyridine rings is 1. The summed E-state index contributed by atoms with van der Waals surface area (Å²) < 4.78 is 16.3. The number of carboxylic acids is 1. The highest BCUT2D eigenvalue weighted by molar-refractivity contribution is 8.15. The smallest absolute Gasteiger partial charge is 0.335 e. The van der Waals surface area contributed by atoms with Gasteiger partial charge in [0, 0.05) is 18.3 Å². The third kappa shape index (κ3) is 7.07. The number of aliphatic hydroxyl groups excluding tert-OH is 3. The number of amides is 2. The number of aliphatic carboxylic acids is 1. The Morgan fingerprint density at radius 1 is 0.974 bits per heavy atom. The summed E-state index contributed by atoms with van der Waals surface area (Å²) in [4.78, 5) is 38.5. The van der Waals surface area contributed by atoms with Crippen molar-refractivity contribution < 1.29 is 49.0 Å². The summed E-state index contributed by atoms with van der Waals surface area (Å²) in [5.41, 5.74) is 2.58. The van der Waals surface area contributed by atoms with Crippen LogP contribution in [0.3, 0.4) is 0 Å². The molecule has 0 bridgehead atoms. The summed E-state index contributed by atoms with van der Waals surface area (Å²) >= 11 is 1.000. The Morgan fingerprint density at radius 3 is 2.34 bits per heavy atom. The van der Waals surface area contributed by atoms with E-state index in [0.717, 1.165) is 28.6 Å². The van der Waals surface area contributed by atoms with E-state index < -0.39 is 41.9 Å². The van der Waals surface area contributed by atoms with Crippen LogP contribution < -0.4 is 10.1 Å². The van der Waals surface area contributed by atoms with Gasteiger partial charge in [0.2, 0.25) is 5.91 Å². The third-order valence-corrected chi connectivity index (χ3v) is 7.09. The number of benzene rings is 1. The largest absolute Gasteiger partial charge is 0.493 e. The van der Waals surface area contributed by atoms with Gasteiger partial charge in [0.1, 0.15) is 24.1 Å². The highest BCUT2D eigenvalue weighted by Crippen LogP contribution is 2.24. The normalized spacial score (nSPS) is 27.2. The maximum absolute atomic E-state index is 11.7. The van der Waals surface area contributed by atoms with Crippen LogP contribution in [0.4, 0.5) is 4.79 Å². The lowest BCUT2D eigenvalue weighted by atomic mass is 9.99. The predicted octanol–water partition coefficient (Wildman–Crippen LogP) is 0.0485. The summed E-state index contributed by atoms with van der Waals surface area (Å²) in [6.45, 7) is 0.470. The van der Waals surface area contributed by atoms with E-state index in [2.05, 4.69) is 10.3 Å². The number of hydrogen-bond donors (Lipinski definition) is 5. The monoisotopic (exact) mass is 548 g/mol. The Hall–Kier alpha value is -3.07. The highest BCUT2D eigenvalue weighted by atomic mass is 32.2. The number of hydrogen-bond acceptors (Lipinski definition) is 11. The Bertz CT molecular complexity index is 1130. The molecule has 2 fully saturated rings. The van der Waals surface area contributed by atoms with Crippen LogP contribution in [0.1, 0.15) is 16.8 Å². The van der Waals surface area contributed by atoms with Crippen LogP contribution in [-0.4, -0.2) is 91.7 Å². The van der Waals surface area contributed by atoms with Gasteiger partial charge in [-0.2, -0.15) is 0 Å². The molecule has 6 atom stereocenters. The SMILES string of the molecule is O=C1NC(=O)[C@H](Cc2ccc(OCCc3ccc(CCO[C@@H]4O[C@H](C(=O)O)[C@@H](O)[C@H](O)[C@H]4O)cn3)cc2)S1. The first-order chi connectivity index (χ1) is 18.2. The van der Waals surface area contributed by atoms with Crippen LogP contribution in [0.2, 0.25) is 0 Å². The van der Waals surface area contributed by atoms with Gasteiger partial charge in [-0.3, -0.25) is 19.9 Å². The number of aliphatic hydroxyl groups is 3. The van der Waals surface area contributed by atoms with Gasteiger partial charge in [0.05, 0.1) is 18.5 Å². The zero-order chi connectivity index (χ0) is 27.2. The van der Waals surface area contributed by atoms with Gasteiger partial charge in [-0.15, -0.1) is 0 Å². The maximum atomic E-state index is 11.7. The molecule has 12 nitrogen and oxygen atoms in total. The van der Waals surface area contributed by atoms with E-state index in [9.17, 15) is 29.7 Å². The lowest BCUT2D eigenvalue weighted by Crippen LogP contribution is -2.60. The van der Waals surface area contributed by atoms with Crippen LogP contribution in [0.25, 0.3) is 0 Å². The molecule has 2 saturated heterocycles. The second-order valence-electron chi connectivity index (χ2n) is 8.84. The van der Waals surface area contributed by atoms with Crippen molar-refractivity contribution in [2.75, 3.05) is 13.2 Å². The average Bonchev–Trinajstić information content (AvgIpc) is 3.21. The zero-order valence-electron chi connectivity index (χ0n) is 20.1. The molecule has 1 aromatic carbocycles. The first-order valence-electron chi connectivity index (χ1n) is 11.9. The van der Waals surface area contributed by atoms with Crippen molar-refractivity contribution in [2.24, 2.45) is 0 Å². The van der Waals surface area contributed by atoms with Gasteiger partial charge in [0.25, 0.3) is 5.24 Å². The quantitative estimate of drug-likeness (QED) is 0.255. The first-order valence-corrected chi connectivity index (χ1v) is 12.8. The minimum Gasteiger partial charge on any atom is -0.493 e. The fraction of sp³-hybridized carbons (Fsp3) is 0.440. The van der Waals surface area contributed by atoms with E-state index in [-0.39, 0.29) is 17.8 Å². The van der Waals surface area contributed by atoms with Gasteiger partial charge in [-0.05, 0) is 42.2 Å². The van der Waals surface area contributed by atoms with Crippen molar-refractivity contribution in [3.63, 3.8) is 0 Å². The number of carboxylic acid groups (broad SMARTS) is 1. The number of thioether (sulfide) groups is 1. The molecule has 0 aliphatic carbocycles. The van der Waals surface area contributed by atoms with Gasteiger partial charge < -0.3 is 34.6 Å². The second kappa shape index (κ2) is 12.7. The molecule has 204 valence electrons. The van der Waals surface area contributed by atoms with Crippen LogP contribution in [0.15, 0.2) is 42.6 Å². The van der Waals surface area contributed by atoms with E-state index in [1.807, 2.05) is 36.4 Å². The fourth-order valence-corrected chi connectivity index (χ4v) is 4.83. The molecule has 3 heterocycles. The number of aromatic nitrogens is 1. The van der Waals surface area contributed by atoms with Gasteiger partial charge in [-0.25, -0.2) is 4.79 Å². The fourth-order valence-electron chi connectivity index (χ4n) is 3.97. The summed E-state index contributed by atoms with van der Waals surface area (Å²) in [7, 11) is 0. The molecular formula is C25H28N2O10S. The summed E-state index contributed by atoms with van der Waals surface area (Å²) in [6.07, 6.45) is -5.05. The zero-order valence-corrected chi connectivity index (χ0v) is 21.0. The molecule has 1 aromatic heterocycles. The van der Waals surface area contributed by atoms with Crippen LogP contribution in [0, 0.1) is 0 Å². The number of nitrogens with zero attached hydrogens (tertiary/aromatic N) is 1. The average molecular weight is 549 g/mol. The molecule has 2 aromatic rings. The lowest BCUT2D eigenvalue weighted by Gasteiger charge is -2.38. The van der Waals surface area contributed by atoms with E-state index in [1.54, 1.807) is 6.20 Å². The van der Waals surface area contributed by atoms with E-state index in [1.165, 1.54) is 0 Å². The summed E-state index contributed by atoms with van der Waals surface area (Å²) in [5.74, 6) is -1.06. The van der Waals surface area contributed by atoms with Crippen molar-refractivity contribution in [3.8, 4) is 5.75 Å². The molecule has 4 rings (SSSR count). The van der Waals surface area contributed by atoms with E-state index in [4.69, 9.17) is 19.3 Å². The number of carbonyl (C=O) groups is 3. The van der Waals surface area contributed by atoms with Gasteiger partial charge in [-0.1, -0.05) is 30.0 Å². The van der Waals surface area contributed by atoms with Gasteiger partial charge >= 0.3 is 5.97 Å². The van der Waals surface area contributed by atoms with Crippen molar-refractivity contribution in [3.05, 3.63) is 59.4 Å². The standard InChI is InChI=1S/C25H28N2O10S/c28-18-19(29)21(23(32)33)37-24(20(18)30)36-9-7-14-1-4-15(26-12-14)8-10-35-16-5-2-13(3-6-16)11-17-22(31)27-25(34)38-17/h1-6,12,17-21,24,28-30H,7-11H2,(H,32,33)(H,27,31,34)/t17-,18-,19-,20+,21-,24+/m0/s1. The first kappa shape index (κ1) is 28.0. The Kier molecular flexibility index (Phi) is 9.31. The molecule has 2 aliphatic heterocycles. The molecule has 0 radical (unpaired) electrons. The minimum absolute atomic E-state index is 0.0669. The van der Waals surface area contributed by atoms with E-state index in [0.29, 0.717) is 31.6 Å². The molecule has 5 N–H and O–H groups in total. The summed E-state index contributed by atoms with van der Waals surface area (Å²) in [6, 6.07) is 11.1. The number of rotatable bonds is 11. The number of imide groups is 1. The Balaban J connectivity index is 1.17. The lowest BCUT2D eigenvalue weighted by molar-refractivity contribution is -0.293. The van der Waals surface area contributed by atoms with Gasteiger partial charge in [0.15, 0.2) is 12.4 Å². The Morgan fingerprint density at radius 2 is 1.71 bits per heavy atom. The predicted molar refractivity (Wildman–Crippen MR) is 132 cm³/mol. The molecule has 2 aliphatic rings. The number of carbonyl (C=O) groups excluding carboxylic acids is 2. The van der Waals surface area contributed by atoms with Crippen LogP contribution in [-0.2, 0) is 38.3 Å². The van der Waals surface area contributed by atoms with E-state index >= 15 is 0 Å². The molecular weight excluding hydrogens is 520 g/mol. The number of ether oxygens (including phenoxy) is 3. The second-order valence-corrected chi connectivity index (χ2v) is 10.0. The molecule has 0 unspecified atom stereocenters. The molecule has 0 saturated carbocycles. The number of nitrogens with one attached hydrogen (secondary N) is 1. The molecule has 0 spiro atoms. The molecule has 2 amide bonds. The van der Waals surface area contributed by atoms with Crippen molar-refractivity contribution >= 4 is 28.9 Å². The summed E-state index contributed by atoms with van der Waals surface area (Å²) in [5, 5.41) is 40.2. The maximum Gasteiger partial charge on any atom is 0.335 e. The molecule has 13 heteroatoms. The minimum atomic E-state index is -1.76. The third-order valence-electron chi connectivity index (χ3n) is 6.11. The topological polar surface area (TPSA) is 185 Å². The van der Waals surface area contributed by atoms with Crippen molar-refractivity contribution in [2.45, 2.75) is 55.2 Å². The van der Waals surface area contributed by atoms with Crippen molar-refractivity contribution in [1.82, 2.24) is 10.3 Å². The van der Waals surface area contributed by atoms with Crippen LogP contribution >= 0.6 is 11.8 Å². The Labute approximate surface area is 221 Å².